The van der Waals surface area contributed by atoms with Crippen molar-refractivity contribution in [3.05, 3.63) is 34.7 Å². The molecule has 2 amide bonds. The van der Waals surface area contributed by atoms with Crippen LogP contribution in [0.2, 0.25) is 0 Å². The van der Waals surface area contributed by atoms with E-state index >= 15 is 0 Å². The minimum Gasteiger partial charge on any atom is -0.497 e. The van der Waals surface area contributed by atoms with E-state index in [9.17, 15) is 9.59 Å². The molecule has 0 unspecified atom stereocenters. The summed E-state index contributed by atoms with van der Waals surface area (Å²) in [5.74, 6) is 0.0207. The first-order valence-electron chi connectivity index (χ1n) is 5.45. The molecule has 0 aromatic heterocycles. The minimum absolute atomic E-state index is 0.275. The van der Waals surface area contributed by atoms with Gasteiger partial charge in [-0.3, -0.25) is 9.59 Å². The maximum Gasteiger partial charge on any atom is 0.273 e. The van der Waals surface area contributed by atoms with E-state index in [0.29, 0.717) is 4.91 Å². The van der Waals surface area contributed by atoms with Crippen LogP contribution in [0.15, 0.2) is 29.2 Å². The molecule has 0 aliphatic carbocycles. The summed E-state index contributed by atoms with van der Waals surface area (Å²) in [6.07, 6.45) is 1.71. The molecule has 1 saturated heterocycles. The van der Waals surface area contributed by atoms with Gasteiger partial charge in [-0.15, -0.1) is 0 Å². The third-order valence-corrected chi connectivity index (χ3v) is 3.82. The van der Waals surface area contributed by atoms with Crippen LogP contribution < -0.4 is 4.74 Å². The van der Waals surface area contributed by atoms with E-state index in [1.807, 2.05) is 12.1 Å². The predicted octanol–water partition coefficient (Wildman–Crippen LogP) is 2.44. The number of carbonyl (C=O) groups is 2. The van der Waals surface area contributed by atoms with Gasteiger partial charge in [0.1, 0.15) is 5.75 Å². The van der Waals surface area contributed by atoms with Gasteiger partial charge in [0.05, 0.1) is 12.0 Å². The van der Waals surface area contributed by atoms with Crippen molar-refractivity contribution in [3.63, 3.8) is 0 Å². The summed E-state index contributed by atoms with van der Waals surface area (Å²) in [6, 6.07) is 7.27. The number of carbonyl (C=O) groups excluding carboxylic acids is 2. The topological polar surface area (TPSA) is 46.6 Å². The standard InChI is InChI=1S/C13H11NO3S2/c1-8(15)14-12(16)11(19-13(14)18)7-9-3-5-10(17-2)6-4-9/h3-7H,1-2H3/b11-7-. The highest BCUT2D eigenvalue weighted by atomic mass is 32.2. The zero-order chi connectivity index (χ0) is 14.0. The van der Waals surface area contributed by atoms with Gasteiger partial charge < -0.3 is 4.74 Å². The SMILES string of the molecule is COc1ccc(/C=C2\SC(=S)N(C(C)=O)C2=O)cc1. The molecule has 1 aliphatic heterocycles. The number of hydrogen-bond acceptors (Lipinski definition) is 5. The van der Waals surface area contributed by atoms with Gasteiger partial charge in [0.25, 0.3) is 5.91 Å². The third kappa shape index (κ3) is 2.85. The van der Waals surface area contributed by atoms with E-state index < -0.39 is 0 Å². The average Bonchev–Trinajstić information content (AvgIpc) is 2.65. The zero-order valence-corrected chi connectivity index (χ0v) is 12.0. The summed E-state index contributed by atoms with van der Waals surface area (Å²) in [5, 5.41) is 0. The molecule has 1 fully saturated rings. The van der Waals surface area contributed by atoms with Crippen LogP contribution in [0.1, 0.15) is 12.5 Å². The van der Waals surface area contributed by atoms with Crippen molar-refractivity contribution in [3.8, 4) is 5.75 Å². The Bertz CT molecular complexity index is 578. The molecule has 1 heterocycles. The molecular formula is C13H11NO3S2. The molecule has 0 saturated carbocycles. The fourth-order valence-electron chi connectivity index (χ4n) is 1.59. The second kappa shape index (κ2) is 5.54. The number of benzene rings is 1. The number of methoxy groups -OCH3 is 1. The Labute approximate surface area is 120 Å². The van der Waals surface area contributed by atoms with Crippen molar-refractivity contribution in [2.24, 2.45) is 0 Å². The van der Waals surface area contributed by atoms with Crippen LogP contribution in [0.25, 0.3) is 6.08 Å². The van der Waals surface area contributed by atoms with Gasteiger partial charge in [0, 0.05) is 6.92 Å². The van der Waals surface area contributed by atoms with Gasteiger partial charge in [0.15, 0.2) is 4.32 Å². The fourth-order valence-corrected chi connectivity index (χ4v) is 2.94. The van der Waals surface area contributed by atoms with E-state index in [1.165, 1.54) is 6.92 Å². The Morgan fingerprint density at radius 1 is 1.37 bits per heavy atom. The molecule has 1 aromatic carbocycles. The lowest BCUT2D eigenvalue weighted by molar-refractivity contribution is -0.135. The quantitative estimate of drug-likeness (QED) is 0.619. The molecule has 0 atom stereocenters. The number of rotatable bonds is 2. The molecule has 0 N–H and O–H groups in total. The molecule has 1 aromatic rings. The van der Waals surface area contributed by atoms with Crippen LogP contribution in [-0.2, 0) is 9.59 Å². The van der Waals surface area contributed by atoms with E-state index in [2.05, 4.69) is 0 Å². The highest BCUT2D eigenvalue weighted by molar-refractivity contribution is 8.26. The lowest BCUT2D eigenvalue weighted by Gasteiger charge is -2.07. The van der Waals surface area contributed by atoms with E-state index in [1.54, 1.807) is 25.3 Å². The maximum atomic E-state index is 12.0. The van der Waals surface area contributed by atoms with Crippen LogP contribution in [0.5, 0.6) is 5.75 Å². The molecule has 0 bridgehead atoms. The largest absolute Gasteiger partial charge is 0.497 e. The first-order valence-corrected chi connectivity index (χ1v) is 6.68. The lowest BCUT2D eigenvalue weighted by atomic mass is 10.2. The molecule has 2 rings (SSSR count). The lowest BCUT2D eigenvalue weighted by Crippen LogP contribution is -2.32. The normalized spacial score (nSPS) is 17.2. The number of hydrogen-bond donors (Lipinski definition) is 0. The van der Waals surface area contributed by atoms with E-state index in [4.69, 9.17) is 17.0 Å². The molecule has 1 aliphatic rings. The molecule has 0 radical (unpaired) electrons. The van der Waals surface area contributed by atoms with Gasteiger partial charge in [-0.1, -0.05) is 36.1 Å². The van der Waals surface area contributed by atoms with Crippen LogP contribution >= 0.6 is 24.0 Å². The number of amides is 2. The smallest absolute Gasteiger partial charge is 0.273 e. The Morgan fingerprint density at radius 2 is 2.00 bits per heavy atom. The van der Waals surface area contributed by atoms with Crippen molar-refractivity contribution in [1.82, 2.24) is 4.90 Å². The zero-order valence-electron chi connectivity index (χ0n) is 10.4. The van der Waals surface area contributed by atoms with Gasteiger partial charge in [-0.05, 0) is 23.8 Å². The Morgan fingerprint density at radius 3 is 2.47 bits per heavy atom. The summed E-state index contributed by atoms with van der Waals surface area (Å²) in [6.45, 7) is 1.32. The summed E-state index contributed by atoms with van der Waals surface area (Å²) in [5.41, 5.74) is 0.852. The van der Waals surface area contributed by atoms with Crippen LogP contribution in [-0.4, -0.2) is 28.1 Å². The molecule has 4 nitrogen and oxygen atoms in total. The number of ether oxygens (including phenoxy) is 1. The van der Waals surface area contributed by atoms with E-state index in [-0.39, 0.29) is 16.1 Å². The Kier molecular flexibility index (Phi) is 4.01. The van der Waals surface area contributed by atoms with Crippen molar-refractivity contribution < 1.29 is 14.3 Å². The van der Waals surface area contributed by atoms with Crippen LogP contribution in [0, 0.1) is 0 Å². The predicted molar refractivity (Wildman–Crippen MR) is 78.7 cm³/mol. The number of nitrogens with zero attached hydrogens (tertiary/aromatic N) is 1. The summed E-state index contributed by atoms with van der Waals surface area (Å²) >= 11 is 6.14. The van der Waals surface area contributed by atoms with Crippen molar-refractivity contribution in [1.29, 1.82) is 0 Å². The van der Waals surface area contributed by atoms with Gasteiger partial charge in [0.2, 0.25) is 5.91 Å². The second-order valence-electron chi connectivity index (χ2n) is 3.81. The molecule has 0 spiro atoms. The first-order chi connectivity index (χ1) is 9.02. The van der Waals surface area contributed by atoms with Crippen molar-refractivity contribution in [2.75, 3.05) is 7.11 Å². The average molecular weight is 293 g/mol. The van der Waals surface area contributed by atoms with Crippen molar-refractivity contribution >= 4 is 46.2 Å². The summed E-state index contributed by atoms with van der Waals surface area (Å²) in [7, 11) is 1.59. The van der Waals surface area contributed by atoms with E-state index in [0.717, 1.165) is 28.0 Å². The van der Waals surface area contributed by atoms with Crippen LogP contribution in [0.3, 0.4) is 0 Å². The molecule has 19 heavy (non-hydrogen) atoms. The Balaban J connectivity index is 2.27. The number of thiocarbonyl (C=S) groups is 1. The molecule has 98 valence electrons. The first kappa shape index (κ1) is 13.8. The molecular weight excluding hydrogens is 282 g/mol. The third-order valence-electron chi connectivity index (χ3n) is 2.52. The van der Waals surface area contributed by atoms with Crippen LogP contribution in [0.4, 0.5) is 0 Å². The van der Waals surface area contributed by atoms with Gasteiger partial charge in [-0.25, -0.2) is 4.90 Å². The molecule has 6 heteroatoms. The number of imide groups is 1. The maximum absolute atomic E-state index is 12.0. The second-order valence-corrected chi connectivity index (χ2v) is 5.49. The monoisotopic (exact) mass is 293 g/mol. The van der Waals surface area contributed by atoms with Gasteiger partial charge in [-0.2, -0.15) is 0 Å². The van der Waals surface area contributed by atoms with Gasteiger partial charge >= 0.3 is 0 Å². The minimum atomic E-state index is -0.363. The van der Waals surface area contributed by atoms with Crippen molar-refractivity contribution in [2.45, 2.75) is 6.92 Å². The summed E-state index contributed by atoms with van der Waals surface area (Å²) in [4.78, 5) is 24.8. The Hall–Kier alpha value is -1.66. The highest BCUT2D eigenvalue weighted by Crippen LogP contribution is 2.32. The highest BCUT2D eigenvalue weighted by Gasteiger charge is 2.34. The fraction of sp³-hybridized carbons (Fsp3) is 0.154. The number of thioether (sulfide) groups is 1. The summed E-state index contributed by atoms with van der Waals surface area (Å²) < 4.78 is 5.33.